The van der Waals surface area contributed by atoms with Gasteiger partial charge in [0, 0.05) is 54.1 Å². The minimum Gasteiger partial charge on any atom is -0.356 e. The summed E-state index contributed by atoms with van der Waals surface area (Å²) in [6.07, 6.45) is 4.61. The summed E-state index contributed by atoms with van der Waals surface area (Å²) >= 11 is 0. The number of nitrogens with zero attached hydrogens (tertiary/aromatic N) is 3. The second-order valence-corrected chi connectivity index (χ2v) is 7.34. The first-order valence-corrected chi connectivity index (χ1v) is 9.83. The third-order valence-electron chi connectivity index (χ3n) is 5.67. The predicted molar refractivity (Wildman–Crippen MR) is 109 cm³/mol. The highest BCUT2D eigenvalue weighted by atomic mass is 19.1. The number of hydrogen-bond acceptors (Lipinski definition) is 2. The minimum atomic E-state index is -0.461. The lowest BCUT2D eigenvalue weighted by Crippen LogP contribution is -2.41. The van der Waals surface area contributed by atoms with Gasteiger partial charge in [-0.3, -0.25) is 9.48 Å². The summed E-state index contributed by atoms with van der Waals surface area (Å²) in [5, 5.41) is 5.31. The first kappa shape index (κ1) is 17.7. The number of amides is 1. The molecule has 0 saturated carbocycles. The van der Waals surface area contributed by atoms with Crippen LogP contribution in [0.2, 0.25) is 0 Å². The van der Waals surface area contributed by atoms with Gasteiger partial charge < -0.3 is 9.88 Å². The molecule has 0 saturated heterocycles. The van der Waals surface area contributed by atoms with Crippen molar-refractivity contribution in [2.24, 2.45) is 0 Å². The van der Waals surface area contributed by atoms with Crippen molar-refractivity contribution < 1.29 is 9.18 Å². The molecule has 6 heteroatoms. The molecule has 0 bridgehead atoms. The molecule has 0 fully saturated rings. The van der Waals surface area contributed by atoms with Crippen LogP contribution in [0.1, 0.15) is 29.3 Å². The largest absolute Gasteiger partial charge is 0.356 e. The van der Waals surface area contributed by atoms with E-state index >= 15 is 0 Å². The number of hydrogen-bond donors (Lipinski definition) is 1. The molecule has 1 atom stereocenters. The monoisotopic (exact) mass is 388 g/mol. The van der Waals surface area contributed by atoms with Crippen LogP contribution in [-0.4, -0.2) is 32.1 Å². The number of para-hydroxylation sites is 1. The molecule has 1 amide bonds. The van der Waals surface area contributed by atoms with Crippen LogP contribution in [0.25, 0.3) is 10.9 Å². The molecular weight excluding hydrogens is 367 g/mol. The van der Waals surface area contributed by atoms with Crippen molar-refractivity contribution in [2.75, 3.05) is 6.54 Å². The fourth-order valence-electron chi connectivity index (χ4n) is 4.32. The Labute approximate surface area is 167 Å². The van der Waals surface area contributed by atoms with Crippen molar-refractivity contribution >= 4 is 16.8 Å². The van der Waals surface area contributed by atoms with E-state index in [0.717, 1.165) is 23.0 Å². The maximum absolute atomic E-state index is 14.8. The Balaban J connectivity index is 1.56. The predicted octanol–water partition coefficient (Wildman–Crippen LogP) is 4.07. The third kappa shape index (κ3) is 3.10. The van der Waals surface area contributed by atoms with Crippen molar-refractivity contribution in [3.63, 3.8) is 0 Å². The summed E-state index contributed by atoms with van der Waals surface area (Å²) in [6, 6.07) is 16.2. The number of benzene rings is 2. The van der Waals surface area contributed by atoms with Gasteiger partial charge in [0.05, 0.1) is 0 Å². The Bertz CT molecular complexity index is 1160. The number of aromatic nitrogens is 3. The number of halogens is 1. The van der Waals surface area contributed by atoms with Gasteiger partial charge in [0.25, 0.3) is 0 Å². The van der Waals surface area contributed by atoms with Crippen molar-refractivity contribution in [3.8, 4) is 0 Å². The lowest BCUT2D eigenvalue weighted by Gasteiger charge is -2.36. The zero-order chi connectivity index (χ0) is 19.8. The summed E-state index contributed by atoms with van der Waals surface area (Å²) in [6.45, 7) is 1.07. The lowest BCUT2D eigenvalue weighted by atomic mass is 9.91. The average molecular weight is 388 g/mol. The number of nitrogens with one attached hydrogen (secondary N) is 1. The fraction of sp³-hybridized carbons (Fsp3) is 0.217. The Kier molecular flexibility index (Phi) is 4.39. The molecule has 0 radical (unpaired) electrons. The minimum absolute atomic E-state index is 0.00180. The maximum Gasteiger partial charge on any atom is 0.225 e. The van der Waals surface area contributed by atoms with Gasteiger partial charge in [0.1, 0.15) is 11.9 Å². The number of fused-ring (bicyclic) bond motifs is 3. The molecule has 1 unspecified atom stereocenters. The second-order valence-electron chi connectivity index (χ2n) is 7.34. The van der Waals surface area contributed by atoms with E-state index in [2.05, 4.69) is 16.1 Å². The first-order valence-electron chi connectivity index (χ1n) is 9.83. The molecule has 146 valence electrons. The highest BCUT2D eigenvalue weighted by molar-refractivity contribution is 5.86. The molecule has 1 aliphatic heterocycles. The van der Waals surface area contributed by atoms with Crippen molar-refractivity contribution in [2.45, 2.75) is 25.4 Å². The molecule has 2 aromatic heterocycles. The van der Waals surface area contributed by atoms with Gasteiger partial charge >= 0.3 is 0 Å². The molecule has 2 aromatic carbocycles. The summed E-state index contributed by atoms with van der Waals surface area (Å²) in [7, 11) is 0. The summed E-state index contributed by atoms with van der Waals surface area (Å²) in [5.74, 6) is -0.299. The smallest absolute Gasteiger partial charge is 0.225 e. The van der Waals surface area contributed by atoms with Crippen LogP contribution in [0.3, 0.4) is 0 Å². The Hall–Kier alpha value is -3.41. The van der Waals surface area contributed by atoms with E-state index in [9.17, 15) is 9.18 Å². The van der Waals surface area contributed by atoms with Gasteiger partial charge in [0.15, 0.2) is 0 Å². The standard InChI is InChI=1S/C23H21FN4O/c24-19-8-3-1-7-18(19)23-22-17(16-6-2-4-9-20(16)26-22)10-15-28(23)21(29)11-14-27-13-5-12-25-27/h1-9,12-13,23,26H,10-11,14-15H2. The molecule has 1 N–H and O–H groups in total. The summed E-state index contributed by atoms with van der Waals surface area (Å²) in [4.78, 5) is 18.4. The van der Waals surface area contributed by atoms with Crippen LogP contribution in [-0.2, 0) is 17.8 Å². The van der Waals surface area contributed by atoms with E-state index < -0.39 is 6.04 Å². The number of carbonyl (C=O) groups is 1. The van der Waals surface area contributed by atoms with Crippen LogP contribution in [0, 0.1) is 5.82 Å². The van der Waals surface area contributed by atoms with Crippen LogP contribution in [0.15, 0.2) is 67.0 Å². The van der Waals surface area contributed by atoms with Gasteiger partial charge in [-0.2, -0.15) is 5.10 Å². The van der Waals surface area contributed by atoms with Crippen LogP contribution in [0.4, 0.5) is 4.39 Å². The fourth-order valence-corrected chi connectivity index (χ4v) is 4.32. The number of aryl methyl sites for hydroxylation is 1. The molecule has 29 heavy (non-hydrogen) atoms. The van der Waals surface area contributed by atoms with E-state index in [1.165, 1.54) is 11.6 Å². The molecule has 3 heterocycles. The third-order valence-corrected chi connectivity index (χ3v) is 5.67. The molecule has 1 aliphatic rings. The number of H-pyrrole nitrogens is 1. The van der Waals surface area contributed by atoms with E-state index in [4.69, 9.17) is 0 Å². The van der Waals surface area contributed by atoms with Gasteiger partial charge in [0.2, 0.25) is 5.91 Å². The Morgan fingerprint density at radius 3 is 2.79 bits per heavy atom. The number of aromatic amines is 1. The van der Waals surface area contributed by atoms with Gasteiger partial charge in [-0.05, 0) is 30.2 Å². The topological polar surface area (TPSA) is 53.9 Å². The number of carbonyl (C=O) groups excluding carboxylic acids is 1. The summed E-state index contributed by atoms with van der Waals surface area (Å²) in [5.41, 5.74) is 3.62. The molecule has 5 nitrogen and oxygen atoms in total. The zero-order valence-corrected chi connectivity index (χ0v) is 15.9. The van der Waals surface area contributed by atoms with Crippen LogP contribution < -0.4 is 0 Å². The Morgan fingerprint density at radius 2 is 1.97 bits per heavy atom. The highest BCUT2D eigenvalue weighted by Crippen LogP contribution is 2.39. The molecule has 4 aromatic rings. The molecule has 0 aliphatic carbocycles. The normalized spacial score (nSPS) is 16.2. The zero-order valence-electron chi connectivity index (χ0n) is 15.9. The molecule has 0 spiro atoms. The SMILES string of the molecule is O=C(CCn1cccn1)N1CCc2c([nH]c3ccccc23)C1c1ccccc1F. The molecule has 5 rings (SSSR count). The molecular formula is C23H21FN4O. The summed E-state index contributed by atoms with van der Waals surface area (Å²) < 4.78 is 16.5. The van der Waals surface area contributed by atoms with E-state index in [1.807, 2.05) is 36.5 Å². The van der Waals surface area contributed by atoms with Crippen LogP contribution in [0.5, 0.6) is 0 Å². The van der Waals surface area contributed by atoms with Crippen molar-refractivity contribution in [1.82, 2.24) is 19.7 Å². The maximum atomic E-state index is 14.8. The van der Waals surface area contributed by atoms with Gasteiger partial charge in [-0.1, -0.05) is 36.4 Å². The van der Waals surface area contributed by atoms with Crippen LogP contribution >= 0.6 is 0 Å². The van der Waals surface area contributed by atoms with Gasteiger partial charge in [-0.25, -0.2) is 4.39 Å². The van der Waals surface area contributed by atoms with Crippen molar-refractivity contribution in [3.05, 3.63) is 89.6 Å². The number of rotatable bonds is 4. The Morgan fingerprint density at radius 1 is 1.14 bits per heavy atom. The second kappa shape index (κ2) is 7.20. The quantitative estimate of drug-likeness (QED) is 0.573. The average Bonchev–Trinajstić information content (AvgIpc) is 3.39. The highest BCUT2D eigenvalue weighted by Gasteiger charge is 2.35. The van der Waals surface area contributed by atoms with E-state index in [1.54, 1.807) is 27.9 Å². The first-order chi connectivity index (χ1) is 14.2. The van der Waals surface area contributed by atoms with E-state index in [-0.39, 0.29) is 11.7 Å². The van der Waals surface area contributed by atoms with Crippen molar-refractivity contribution in [1.29, 1.82) is 0 Å². The van der Waals surface area contributed by atoms with Gasteiger partial charge in [-0.15, -0.1) is 0 Å². The lowest BCUT2D eigenvalue weighted by molar-refractivity contribution is -0.133. The van der Waals surface area contributed by atoms with E-state index in [0.29, 0.717) is 25.1 Å².